The van der Waals surface area contributed by atoms with Crippen molar-refractivity contribution in [3.63, 3.8) is 0 Å². The summed E-state index contributed by atoms with van der Waals surface area (Å²) in [6.45, 7) is 0. The minimum Gasteiger partial charge on any atom is -0.352 e. The first-order valence-corrected chi connectivity index (χ1v) is 9.17. The predicted molar refractivity (Wildman–Crippen MR) is 111 cm³/mol. The van der Waals surface area contributed by atoms with Crippen molar-refractivity contribution < 1.29 is 13.2 Å². The zero-order valence-electron chi connectivity index (χ0n) is 14.5. The maximum absolute atomic E-state index is 13.1. The Bertz CT molecular complexity index is 907. The number of anilines is 1. The molecule has 0 amide bonds. The number of rotatable bonds is 4. The molecule has 0 aliphatic heterocycles. The topological polar surface area (TPSA) is 24.1 Å². The van der Waals surface area contributed by atoms with E-state index in [4.69, 9.17) is 23.8 Å². The summed E-state index contributed by atoms with van der Waals surface area (Å²) in [5, 5.41) is 5.83. The fraction of sp³-hybridized carbons (Fsp3) is 0.0952. The van der Waals surface area contributed by atoms with Crippen molar-refractivity contribution >= 4 is 34.6 Å². The Hall–Kier alpha value is -2.57. The summed E-state index contributed by atoms with van der Waals surface area (Å²) in [5.41, 5.74) is 1.24. The normalized spacial score (nSPS) is 11.3. The molecule has 0 heterocycles. The molecule has 0 aromatic heterocycles. The molecule has 0 spiro atoms. The summed E-state index contributed by atoms with van der Waals surface area (Å²) < 4.78 is 39.2. The van der Waals surface area contributed by atoms with Crippen LogP contribution in [0.15, 0.2) is 78.9 Å². The second kappa shape index (κ2) is 8.63. The van der Waals surface area contributed by atoms with Crippen molar-refractivity contribution in [3.8, 4) is 0 Å². The third-order valence-electron chi connectivity index (χ3n) is 4.07. The highest BCUT2D eigenvalue weighted by atomic mass is 35.5. The summed E-state index contributed by atoms with van der Waals surface area (Å²) in [7, 11) is 0. The molecule has 2 nitrogen and oxygen atoms in total. The van der Waals surface area contributed by atoms with Crippen LogP contribution in [-0.2, 0) is 6.18 Å². The molecular weight excluding hydrogens is 405 g/mol. The van der Waals surface area contributed by atoms with Crippen LogP contribution >= 0.6 is 23.8 Å². The van der Waals surface area contributed by atoms with E-state index in [1.807, 2.05) is 60.7 Å². The SMILES string of the molecule is FC(F)(F)c1cc(NC(=S)NC(c2ccccc2)c2ccccc2)ccc1Cl. The van der Waals surface area contributed by atoms with Crippen molar-refractivity contribution in [2.75, 3.05) is 5.32 Å². The lowest BCUT2D eigenvalue weighted by atomic mass is 9.99. The molecular formula is C21H16ClF3N2S. The van der Waals surface area contributed by atoms with Crippen LogP contribution in [0.1, 0.15) is 22.7 Å². The van der Waals surface area contributed by atoms with Crippen molar-refractivity contribution in [1.82, 2.24) is 5.32 Å². The van der Waals surface area contributed by atoms with Crippen molar-refractivity contribution in [2.24, 2.45) is 0 Å². The average molecular weight is 421 g/mol. The molecule has 0 radical (unpaired) electrons. The van der Waals surface area contributed by atoms with Gasteiger partial charge in [0.2, 0.25) is 0 Å². The first kappa shape index (κ1) is 20.2. The Morgan fingerprint density at radius 2 is 1.39 bits per heavy atom. The maximum atomic E-state index is 13.1. The fourth-order valence-corrected chi connectivity index (χ4v) is 3.23. The van der Waals surface area contributed by atoms with Gasteiger partial charge in [0.05, 0.1) is 16.6 Å². The number of nitrogens with one attached hydrogen (secondary N) is 2. The van der Waals surface area contributed by atoms with Gasteiger partial charge in [-0.3, -0.25) is 0 Å². The zero-order chi connectivity index (χ0) is 20.1. The molecule has 7 heteroatoms. The summed E-state index contributed by atoms with van der Waals surface area (Å²) in [6.07, 6.45) is -4.54. The maximum Gasteiger partial charge on any atom is 0.417 e. The average Bonchev–Trinajstić information content (AvgIpc) is 2.68. The van der Waals surface area contributed by atoms with E-state index in [-0.39, 0.29) is 21.9 Å². The number of hydrogen-bond acceptors (Lipinski definition) is 1. The molecule has 0 fully saturated rings. The Kier molecular flexibility index (Phi) is 6.21. The Morgan fingerprint density at radius 1 is 0.857 bits per heavy atom. The lowest BCUT2D eigenvalue weighted by molar-refractivity contribution is -0.137. The molecule has 0 aliphatic rings. The highest BCUT2D eigenvalue weighted by Crippen LogP contribution is 2.36. The Morgan fingerprint density at radius 3 is 1.89 bits per heavy atom. The minimum atomic E-state index is -4.54. The van der Waals surface area contributed by atoms with Crippen LogP contribution in [0.4, 0.5) is 18.9 Å². The van der Waals surface area contributed by atoms with Crippen molar-refractivity contribution in [1.29, 1.82) is 0 Å². The second-order valence-corrected chi connectivity index (χ2v) is 6.86. The van der Waals surface area contributed by atoms with Gasteiger partial charge in [-0.25, -0.2) is 0 Å². The largest absolute Gasteiger partial charge is 0.417 e. The second-order valence-electron chi connectivity index (χ2n) is 6.05. The van der Waals surface area contributed by atoms with Gasteiger partial charge in [-0.05, 0) is 41.5 Å². The first-order chi connectivity index (χ1) is 13.3. The monoisotopic (exact) mass is 420 g/mol. The number of alkyl halides is 3. The van der Waals surface area contributed by atoms with E-state index in [0.717, 1.165) is 17.2 Å². The molecule has 0 bridgehead atoms. The molecule has 3 aromatic carbocycles. The van der Waals surface area contributed by atoms with E-state index in [2.05, 4.69) is 10.6 Å². The van der Waals surface area contributed by atoms with Gasteiger partial charge in [0, 0.05) is 5.69 Å². The van der Waals surface area contributed by atoms with E-state index in [0.29, 0.717) is 0 Å². The van der Waals surface area contributed by atoms with Gasteiger partial charge < -0.3 is 10.6 Å². The molecule has 3 rings (SSSR count). The molecule has 2 N–H and O–H groups in total. The third-order valence-corrected chi connectivity index (χ3v) is 4.62. The summed E-state index contributed by atoms with van der Waals surface area (Å²) in [5.74, 6) is 0. The van der Waals surface area contributed by atoms with Gasteiger partial charge in [-0.1, -0.05) is 72.3 Å². The van der Waals surface area contributed by atoms with Gasteiger partial charge in [0.1, 0.15) is 0 Å². The molecule has 0 saturated carbocycles. The van der Waals surface area contributed by atoms with Gasteiger partial charge in [0.15, 0.2) is 5.11 Å². The van der Waals surface area contributed by atoms with Gasteiger partial charge in [-0.15, -0.1) is 0 Å². The molecule has 28 heavy (non-hydrogen) atoms. The number of halogens is 4. The standard InChI is InChI=1S/C21H16ClF3N2S/c22-18-12-11-16(13-17(18)21(23,24)25)26-20(28)27-19(14-7-3-1-4-8-14)15-9-5-2-6-10-15/h1-13,19H,(H2,26,27,28). The van der Waals surface area contributed by atoms with Crippen LogP contribution in [0.5, 0.6) is 0 Å². The van der Waals surface area contributed by atoms with E-state index in [1.165, 1.54) is 12.1 Å². The number of hydrogen-bond donors (Lipinski definition) is 2. The number of thiocarbonyl (C=S) groups is 1. The molecule has 0 unspecified atom stereocenters. The lowest BCUT2D eigenvalue weighted by Crippen LogP contribution is -2.33. The summed E-state index contributed by atoms with van der Waals surface area (Å²) in [4.78, 5) is 0. The molecule has 0 atom stereocenters. The smallest absolute Gasteiger partial charge is 0.352 e. The summed E-state index contributed by atoms with van der Waals surface area (Å²) >= 11 is 11.0. The first-order valence-electron chi connectivity index (χ1n) is 8.39. The quantitative estimate of drug-likeness (QED) is 0.475. The fourth-order valence-electron chi connectivity index (χ4n) is 2.77. The van der Waals surface area contributed by atoms with Gasteiger partial charge >= 0.3 is 6.18 Å². The van der Waals surface area contributed by atoms with E-state index >= 15 is 0 Å². The van der Waals surface area contributed by atoms with Crippen molar-refractivity contribution in [3.05, 3.63) is 101 Å². The molecule has 3 aromatic rings. The Labute approximate surface area is 171 Å². The summed E-state index contributed by atoms with van der Waals surface area (Å²) in [6, 6.07) is 22.6. The predicted octanol–water partition coefficient (Wildman–Crippen LogP) is 6.43. The van der Waals surface area contributed by atoms with Crippen molar-refractivity contribution in [2.45, 2.75) is 12.2 Å². The minimum absolute atomic E-state index is 0.202. The number of benzene rings is 3. The van der Waals surface area contributed by atoms with E-state index < -0.39 is 11.7 Å². The Balaban J connectivity index is 1.82. The van der Waals surface area contributed by atoms with Crippen LogP contribution in [0.3, 0.4) is 0 Å². The molecule has 144 valence electrons. The van der Waals surface area contributed by atoms with Crippen LogP contribution in [0.25, 0.3) is 0 Å². The molecule has 0 saturated heterocycles. The van der Waals surface area contributed by atoms with Crippen LogP contribution < -0.4 is 10.6 Å². The highest BCUT2D eigenvalue weighted by molar-refractivity contribution is 7.80. The van der Waals surface area contributed by atoms with Crippen LogP contribution in [0.2, 0.25) is 5.02 Å². The lowest BCUT2D eigenvalue weighted by Gasteiger charge is -2.22. The highest BCUT2D eigenvalue weighted by Gasteiger charge is 2.33. The van der Waals surface area contributed by atoms with E-state index in [9.17, 15) is 13.2 Å². The molecule has 0 aliphatic carbocycles. The van der Waals surface area contributed by atoms with Gasteiger partial charge in [-0.2, -0.15) is 13.2 Å². The van der Waals surface area contributed by atoms with E-state index in [1.54, 1.807) is 0 Å². The van der Waals surface area contributed by atoms with Crippen LogP contribution in [-0.4, -0.2) is 5.11 Å². The third kappa shape index (κ3) is 5.03. The van der Waals surface area contributed by atoms with Gasteiger partial charge in [0.25, 0.3) is 0 Å². The van der Waals surface area contributed by atoms with Crippen LogP contribution in [0, 0.1) is 0 Å². The zero-order valence-corrected chi connectivity index (χ0v) is 16.1.